The number of fused-ring (bicyclic) bond motifs is 1. The molecule has 0 spiro atoms. The first kappa shape index (κ1) is 30.8. The first-order valence-corrected chi connectivity index (χ1v) is 17.3. The average Bonchev–Trinajstić information content (AvgIpc) is 3.56. The molecular weight excluding hydrogens is 565 g/mol. The predicted molar refractivity (Wildman–Crippen MR) is 165 cm³/mol. The molecule has 1 fully saturated rings. The van der Waals surface area contributed by atoms with Crippen LogP contribution >= 0.6 is 0 Å². The molecular formula is C32H38FN5O4Si. The highest BCUT2D eigenvalue weighted by Crippen LogP contribution is 2.41. The highest BCUT2D eigenvalue weighted by Gasteiger charge is 2.56. The van der Waals surface area contributed by atoms with Crippen LogP contribution in [0.25, 0.3) is 11.2 Å². The zero-order valence-corrected chi connectivity index (χ0v) is 25.7. The van der Waals surface area contributed by atoms with Gasteiger partial charge in [0.25, 0.3) is 0 Å². The van der Waals surface area contributed by atoms with Crippen molar-refractivity contribution >= 4 is 25.1 Å². The lowest BCUT2D eigenvalue weighted by atomic mass is 9.96. The summed E-state index contributed by atoms with van der Waals surface area (Å²) in [6.07, 6.45) is -2.79. The van der Waals surface area contributed by atoms with Crippen LogP contribution in [-0.4, -0.2) is 57.1 Å². The van der Waals surface area contributed by atoms with E-state index in [1.807, 2.05) is 60.7 Å². The van der Waals surface area contributed by atoms with Gasteiger partial charge in [-0.3, -0.25) is 4.57 Å². The van der Waals surface area contributed by atoms with E-state index in [0.29, 0.717) is 6.61 Å². The molecule has 5 rings (SSSR count). The lowest BCUT2D eigenvalue weighted by Gasteiger charge is -2.31. The Hall–Kier alpha value is -3.66. The number of nitrogens with two attached hydrogens (primary N) is 1. The van der Waals surface area contributed by atoms with Crippen LogP contribution in [0.4, 0.5) is 10.2 Å². The lowest BCUT2D eigenvalue weighted by molar-refractivity contribution is -0.123. The van der Waals surface area contributed by atoms with E-state index in [-0.39, 0.29) is 30.2 Å². The first-order chi connectivity index (χ1) is 20.8. The summed E-state index contributed by atoms with van der Waals surface area (Å²) in [5, 5.41) is 11.9. The Kier molecular flexibility index (Phi) is 9.54. The molecule has 0 unspecified atom stereocenters. The number of nitrogen functional groups attached to an aromatic ring is 1. The van der Waals surface area contributed by atoms with Crippen molar-refractivity contribution in [2.75, 3.05) is 12.3 Å². The van der Waals surface area contributed by atoms with Crippen molar-refractivity contribution in [1.29, 1.82) is 0 Å². The molecule has 2 aromatic carbocycles. The number of anilines is 1. The highest BCUT2D eigenvalue weighted by atomic mass is 28.3. The molecule has 2 aromatic heterocycles. The third-order valence-electron chi connectivity index (χ3n) is 8.36. The van der Waals surface area contributed by atoms with Crippen LogP contribution in [0.1, 0.15) is 38.1 Å². The molecule has 4 aromatic rings. The zero-order valence-electron chi connectivity index (χ0n) is 24.7. The van der Waals surface area contributed by atoms with Gasteiger partial charge in [0.05, 0.1) is 26.1 Å². The summed E-state index contributed by atoms with van der Waals surface area (Å²) in [5.41, 5.74) is 10.5. The molecule has 226 valence electrons. The van der Waals surface area contributed by atoms with Gasteiger partial charge in [0.2, 0.25) is 0 Å². The van der Waals surface area contributed by atoms with Gasteiger partial charge in [-0.05, 0) is 29.3 Å². The van der Waals surface area contributed by atoms with Crippen LogP contribution in [0, 0.1) is 17.5 Å². The second-order valence-electron chi connectivity index (χ2n) is 10.9. The molecule has 1 saturated heterocycles. The van der Waals surface area contributed by atoms with Gasteiger partial charge in [0.1, 0.15) is 20.3 Å². The SMILES string of the molecule is CC[Si](C#C[C@]1(COCc2ccccc2)O[C@@H](n2cnc3c(N)nc(F)nc32)[C@H](O)[C@@H]1OCc1ccccc1)(CC)CC. The summed E-state index contributed by atoms with van der Waals surface area (Å²) in [5.74, 6) is 3.36. The maximum atomic E-state index is 14.3. The highest BCUT2D eigenvalue weighted by molar-refractivity contribution is 6.87. The Balaban J connectivity index is 1.58. The number of rotatable bonds is 11. The van der Waals surface area contributed by atoms with E-state index in [9.17, 15) is 9.50 Å². The lowest BCUT2D eigenvalue weighted by Crippen LogP contribution is -2.48. The fourth-order valence-electron chi connectivity index (χ4n) is 5.49. The standard InChI is InChI=1S/C32H38FN5O4Si/c1-4-43(5-2,6-3)18-17-32(21-40-19-23-13-9-7-10-14-23)27(41-20-24-15-11-8-12-16-24)26(39)30(42-32)38-22-35-25-28(34)36-31(33)37-29(25)38/h7-16,22,26-27,30,39H,4-6,19-21H2,1-3H3,(H2,34,36,37)/t26-,27+,30-,32-/m1/s1. The van der Waals surface area contributed by atoms with E-state index >= 15 is 0 Å². The van der Waals surface area contributed by atoms with Gasteiger partial charge in [-0.1, -0.05) is 87.4 Å². The zero-order chi connectivity index (χ0) is 30.5. The number of aliphatic hydroxyl groups excluding tert-OH is 1. The van der Waals surface area contributed by atoms with Gasteiger partial charge in [-0.15, -0.1) is 5.54 Å². The van der Waals surface area contributed by atoms with E-state index in [4.69, 9.17) is 19.9 Å². The summed E-state index contributed by atoms with van der Waals surface area (Å²) in [6.45, 7) is 7.10. The Morgan fingerprint density at radius 3 is 2.26 bits per heavy atom. The molecule has 0 bridgehead atoms. The monoisotopic (exact) mass is 603 g/mol. The smallest absolute Gasteiger partial charge is 0.312 e. The Labute approximate surface area is 252 Å². The average molecular weight is 604 g/mol. The molecule has 1 aliphatic rings. The maximum Gasteiger partial charge on any atom is 0.312 e. The molecule has 0 saturated carbocycles. The van der Waals surface area contributed by atoms with Gasteiger partial charge >= 0.3 is 6.08 Å². The number of aromatic nitrogens is 4. The van der Waals surface area contributed by atoms with Gasteiger partial charge in [0.15, 0.2) is 28.8 Å². The molecule has 3 heterocycles. The van der Waals surface area contributed by atoms with Crippen LogP contribution in [0.5, 0.6) is 0 Å². The number of imidazole rings is 1. The molecule has 1 aliphatic heterocycles. The molecule has 3 N–H and O–H groups in total. The van der Waals surface area contributed by atoms with Gasteiger partial charge < -0.3 is 25.1 Å². The Morgan fingerprint density at radius 2 is 1.63 bits per heavy atom. The van der Waals surface area contributed by atoms with Crippen LogP contribution in [0.15, 0.2) is 67.0 Å². The number of aliphatic hydroxyl groups is 1. The predicted octanol–water partition coefficient (Wildman–Crippen LogP) is 5.03. The van der Waals surface area contributed by atoms with E-state index in [1.165, 1.54) is 10.9 Å². The second kappa shape index (κ2) is 13.3. The van der Waals surface area contributed by atoms with Crippen molar-refractivity contribution in [3.8, 4) is 11.5 Å². The number of halogens is 1. The topological polar surface area (TPSA) is 118 Å². The molecule has 0 amide bonds. The van der Waals surface area contributed by atoms with Gasteiger partial charge in [0, 0.05) is 0 Å². The summed E-state index contributed by atoms with van der Waals surface area (Å²) in [7, 11) is -1.96. The molecule has 0 radical (unpaired) electrons. The summed E-state index contributed by atoms with van der Waals surface area (Å²) in [4.78, 5) is 11.8. The number of nitrogens with zero attached hydrogens (tertiary/aromatic N) is 4. The van der Waals surface area contributed by atoms with Crippen molar-refractivity contribution in [3.05, 3.63) is 84.2 Å². The largest absolute Gasteiger partial charge is 0.386 e. The van der Waals surface area contributed by atoms with Gasteiger partial charge in [-0.25, -0.2) is 4.98 Å². The minimum absolute atomic E-state index is 0.0294. The number of hydrogen-bond donors (Lipinski definition) is 2. The van der Waals surface area contributed by atoms with Crippen molar-refractivity contribution < 1.29 is 23.7 Å². The Morgan fingerprint density at radius 1 is 1.00 bits per heavy atom. The maximum absolute atomic E-state index is 14.3. The van der Waals surface area contributed by atoms with Crippen LogP contribution in [0.2, 0.25) is 18.1 Å². The third kappa shape index (κ3) is 6.49. The van der Waals surface area contributed by atoms with Gasteiger partial charge in [-0.2, -0.15) is 14.4 Å². The number of hydrogen-bond acceptors (Lipinski definition) is 8. The van der Waals surface area contributed by atoms with Crippen molar-refractivity contribution in [1.82, 2.24) is 19.5 Å². The van der Waals surface area contributed by atoms with Crippen molar-refractivity contribution in [2.45, 2.75) is 76.2 Å². The summed E-state index contributed by atoms with van der Waals surface area (Å²) >= 11 is 0. The minimum Gasteiger partial charge on any atom is -0.386 e. The number of ether oxygens (including phenoxy) is 3. The number of benzene rings is 2. The van der Waals surface area contributed by atoms with Crippen molar-refractivity contribution in [2.24, 2.45) is 0 Å². The van der Waals surface area contributed by atoms with E-state index in [1.54, 1.807) is 0 Å². The fourth-order valence-corrected chi connectivity index (χ4v) is 8.00. The normalized spacial score (nSPS) is 22.0. The van der Waals surface area contributed by atoms with E-state index < -0.39 is 38.2 Å². The van der Waals surface area contributed by atoms with Crippen molar-refractivity contribution in [3.63, 3.8) is 0 Å². The molecule has 9 nitrogen and oxygen atoms in total. The summed E-state index contributed by atoms with van der Waals surface area (Å²) < 4.78 is 35.2. The Bertz CT molecular complexity index is 1570. The van der Waals surface area contributed by atoms with Crippen LogP contribution in [0.3, 0.4) is 0 Å². The molecule has 4 atom stereocenters. The molecule has 0 aliphatic carbocycles. The second-order valence-corrected chi connectivity index (χ2v) is 15.8. The fraction of sp³-hybridized carbons (Fsp3) is 0.406. The van der Waals surface area contributed by atoms with Crippen LogP contribution in [-0.2, 0) is 27.4 Å². The minimum atomic E-state index is -1.96. The van der Waals surface area contributed by atoms with E-state index in [0.717, 1.165) is 29.3 Å². The molecule has 11 heteroatoms. The summed E-state index contributed by atoms with van der Waals surface area (Å²) in [6, 6.07) is 22.5. The first-order valence-electron chi connectivity index (χ1n) is 14.7. The third-order valence-corrected chi connectivity index (χ3v) is 13.1. The quantitative estimate of drug-likeness (QED) is 0.139. The van der Waals surface area contributed by atoms with E-state index in [2.05, 4.69) is 47.2 Å². The molecule has 43 heavy (non-hydrogen) atoms. The van der Waals surface area contributed by atoms with Crippen LogP contribution < -0.4 is 5.73 Å².